The second-order valence-corrected chi connectivity index (χ2v) is 9.71. The number of fused-ring (bicyclic) bond motifs is 2. The summed E-state index contributed by atoms with van der Waals surface area (Å²) < 4.78 is 0. The van der Waals surface area contributed by atoms with E-state index in [1.807, 2.05) is 34.1 Å². The monoisotopic (exact) mass is 466 g/mol. The molecule has 7 heteroatoms. The lowest BCUT2D eigenvalue weighted by molar-refractivity contribution is -0.142. The van der Waals surface area contributed by atoms with E-state index in [0.29, 0.717) is 10.6 Å². The number of para-hydroxylation sites is 1. The lowest BCUT2D eigenvalue weighted by atomic mass is 9.81. The largest absolute Gasteiger partial charge is 0.481 e. The maximum absolute atomic E-state index is 13.7. The molecule has 5 rings (SSSR count). The Balaban J connectivity index is 1.55. The van der Waals surface area contributed by atoms with Gasteiger partial charge in [0, 0.05) is 40.7 Å². The Morgan fingerprint density at radius 2 is 1.70 bits per heavy atom. The predicted molar refractivity (Wildman–Crippen MR) is 125 cm³/mol. The minimum absolute atomic E-state index is 0.00148. The third-order valence-corrected chi connectivity index (χ3v) is 7.43. The van der Waals surface area contributed by atoms with Gasteiger partial charge in [-0.15, -0.1) is 0 Å². The van der Waals surface area contributed by atoms with Gasteiger partial charge in [0.05, 0.1) is 12.5 Å². The molecule has 2 fully saturated rings. The number of halogens is 1. The maximum Gasteiger partial charge on any atom is 0.303 e. The summed E-state index contributed by atoms with van der Waals surface area (Å²) >= 11 is 6.04. The lowest BCUT2D eigenvalue weighted by Crippen LogP contribution is -2.52. The van der Waals surface area contributed by atoms with Crippen molar-refractivity contribution < 1.29 is 19.5 Å². The summed E-state index contributed by atoms with van der Waals surface area (Å²) in [5, 5.41) is 9.70. The molecular formula is C26H27ClN2O4. The van der Waals surface area contributed by atoms with Gasteiger partial charge in [0.15, 0.2) is 0 Å². The fourth-order valence-corrected chi connectivity index (χ4v) is 5.78. The highest BCUT2D eigenvalue weighted by molar-refractivity contribution is 6.30. The Morgan fingerprint density at radius 3 is 2.39 bits per heavy atom. The number of carboxylic acids is 1. The van der Waals surface area contributed by atoms with Crippen LogP contribution < -0.4 is 4.90 Å². The Hall–Kier alpha value is -2.86. The van der Waals surface area contributed by atoms with Gasteiger partial charge in [-0.05, 0) is 61.6 Å². The van der Waals surface area contributed by atoms with E-state index in [1.165, 1.54) is 0 Å². The van der Waals surface area contributed by atoms with Crippen molar-refractivity contribution in [2.24, 2.45) is 5.92 Å². The normalized spacial score (nSPS) is 23.5. The number of carbonyl (C=O) groups excluding carboxylic acids is 2. The number of hydrogen-bond acceptors (Lipinski definition) is 3. The predicted octanol–water partition coefficient (Wildman–Crippen LogP) is 5.07. The summed E-state index contributed by atoms with van der Waals surface area (Å²) in [5.74, 6) is -0.973. The summed E-state index contributed by atoms with van der Waals surface area (Å²) in [4.78, 5) is 42.0. The molecule has 2 aliphatic carbocycles. The summed E-state index contributed by atoms with van der Waals surface area (Å²) in [5.41, 5.74) is 2.43. The van der Waals surface area contributed by atoms with Crippen LogP contribution >= 0.6 is 11.6 Å². The molecule has 3 unspecified atom stereocenters. The minimum atomic E-state index is -0.957. The van der Waals surface area contributed by atoms with E-state index in [1.54, 1.807) is 24.3 Å². The molecule has 2 amide bonds. The minimum Gasteiger partial charge on any atom is -0.481 e. The van der Waals surface area contributed by atoms with Crippen molar-refractivity contribution in [2.75, 3.05) is 4.90 Å². The van der Waals surface area contributed by atoms with Crippen molar-refractivity contribution in [3.05, 3.63) is 64.7 Å². The molecule has 33 heavy (non-hydrogen) atoms. The van der Waals surface area contributed by atoms with Crippen LogP contribution in [-0.2, 0) is 9.59 Å². The van der Waals surface area contributed by atoms with Crippen LogP contribution in [0, 0.1) is 5.92 Å². The van der Waals surface area contributed by atoms with E-state index < -0.39 is 5.97 Å². The van der Waals surface area contributed by atoms with Crippen LogP contribution in [0.4, 0.5) is 5.69 Å². The number of carbonyl (C=O) groups is 3. The molecule has 0 bridgehead atoms. The van der Waals surface area contributed by atoms with Crippen LogP contribution in [0.25, 0.3) is 0 Å². The van der Waals surface area contributed by atoms with E-state index in [2.05, 4.69) is 0 Å². The quantitative estimate of drug-likeness (QED) is 0.645. The second kappa shape index (κ2) is 8.82. The second-order valence-electron chi connectivity index (χ2n) is 9.27. The average Bonchev–Trinajstić information content (AvgIpc) is 3.53. The third-order valence-electron chi connectivity index (χ3n) is 7.17. The van der Waals surface area contributed by atoms with Gasteiger partial charge in [-0.1, -0.05) is 36.2 Å². The van der Waals surface area contributed by atoms with Crippen molar-refractivity contribution in [1.82, 2.24) is 4.90 Å². The molecule has 0 radical (unpaired) electrons. The number of aliphatic carboxylic acids is 1. The summed E-state index contributed by atoms with van der Waals surface area (Å²) in [7, 11) is 0. The topological polar surface area (TPSA) is 77.9 Å². The smallest absolute Gasteiger partial charge is 0.303 e. The summed E-state index contributed by atoms with van der Waals surface area (Å²) in [6, 6.07) is 14.9. The Morgan fingerprint density at radius 1 is 0.970 bits per heavy atom. The molecule has 1 N–H and O–H groups in total. The lowest BCUT2D eigenvalue weighted by Gasteiger charge is -2.48. The van der Waals surface area contributed by atoms with E-state index in [0.717, 1.165) is 43.4 Å². The van der Waals surface area contributed by atoms with E-state index >= 15 is 0 Å². The fraction of sp³-hybridized carbons (Fsp3) is 0.423. The zero-order valence-corrected chi connectivity index (χ0v) is 19.1. The first-order valence-corrected chi connectivity index (χ1v) is 12.0. The highest BCUT2D eigenvalue weighted by atomic mass is 35.5. The van der Waals surface area contributed by atoms with Gasteiger partial charge >= 0.3 is 5.97 Å². The molecule has 3 aliphatic rings. The number of hydrogen-bond donors (Lipinski definition) is 1. The highest BCUT2D eigenvalue weighted by Gasteiger charge is 2.51. The number of nitrogens with zero attached hydrogens (tertiary/aromatic N) is 2. The van der Waals surface area contributed by atoms with E-state index in [9.17, 15) is 14.4 Å². The molecule has 172 valence electrons. The first-order valence-electron chi connectivity index (χ1n) is 11.7. The molecular weight excluding hydrogens is 440 g/mol. The van der Waals surface area contributed by atoms with Crippen molar-refractivity contribution in [3.63, 3.8) is 0 Å². The Labute approximate surface area is 198 Å². The van der Waals surface area contributed by atoms with E-state index in [4.69, 9.17) is 16.7 Å². The number of benzene rings is 2. The molecule has 2 aromatic rings. The van der Waals surface area contributed by atoms with Crippen LogP contribution in [0.1, 0.15) is 66.9 Å². The SMILES string of the molecule is O=C(O)CCC(=O)N(C1CC1)C1c2ccccc2N(C(=O)c2ccc(Cl)cc2)C2CCCC21. The van der Waals surface area contributed by atoms with Crippen LogP contribution in [0.3, 0.4) is 0 Å². The summed E-state index contributed by atoms with van der Waals surface area (Å²) in [6.07, 6.45) is 4.55. The average molecular weight is 467 g/mol. The van der Waals surface area contributed by atoms with Crippen LogP contribution in [0.5, 0.6) is 0 Å². The molecule has 2 aromatic carbocycles. The van der Waals surface area contributed by atoms with Crippen LogP contribution in [-0.4, -0.2) is 39.9 Å². The van der Waals surface area contributed by atoms with Gasteiger partial charge in [0.1, 0.15) is 0 Å². The van der Waals surface area contributed by atoms with Gasteiger partial charge in [-0.3, -0.25) is 14.4 Å². The number of carboxylic acid groups (broad SMARTS) is 1. The molecule has 0 saturated heterocycles. The van der Waals surface area contributed by atoms with E-state index in [-0.39, 0.29) is 48.7 Å². The standard InChI is InChI=1S/C26H27ClN2O4/c27-17-10-8-16(9-11-17)26(33)29-21-6-2-1-4-19(21)25(20-5-3-7-22(20)29)28(18-12-13-18)23(30)14-15-24(31)32/h1-2,4,6,8-11,18,20,22,25H,3,5,7,12-15H2,(H,31,32). The Bertz CT molecular complexity index is 1080. The molecule has 2 saturated carbocycles. The number of amides is 2. The first kappa shape index (κ1) is 22.0. The zero-order chi connectivity index (χ0) is 23.1. The van der Waals surface area contributed by atoms with Crippen molar-refractivity contribution in [3.8, 4) is 0 Å². The van der Waals surface area contributed by atoms with Gasteiger partial charge in [0.2, 0.25) is 5.91 Å². The highest BCUT2D eigenvalue weighted by Crippen LogP contribution is 2.52. The number of rotatable bonds is 6. The molecule has 1 heterocycles. The van der Waals surface area contributed by atoms with Crippen LogP contribution in [0.15, 0.2) is 48.5 Å². The van der Waals surface area contributed by atoms with Crippen molar-refractivity contribution in [2.45, 2.75) is 63.1 Å². The Kier molecular flexibility index (Phi) is 5.87. The number of anilines is 1. The van der Waals surface area contributed by atoms with Crippen molar-refractivity contribution in [1.29, 1.82) is 0 Å². The summed E-state index contributed by atoms with van der Waals surface area (Å²) in [6.45, 7) is 0. The first-order chi connectivity index (χ1) is 16.0. The van der Waals surface area contributed by atoms with Gasteiger partial charge in [-0.25, -0.2) is 0 Å². The fourth-order valence-electron chi connectivity index (χ4n) is 5.65. The van der Waals surface area contributed by atoms with Crippen LogP contribution in [0.2, 0.25) is 5.02 Å². The molecule has 1 aliphatic heterocycles. The van der Waals surface area contributed by atoms with Gasteiger partial charge in [0.25, 0.3) is 5.91 Å². The maximum atomic E-state index is 13.7. The molecule has 6 nitrogen and oxygen atoms in total. The zero-order valence-electron chi connectivity index (χ0n) is 18.3. The molecule has 3 atom stereocenters. The third kappa shape index (κ3) is 4.12. The van der Waals surface area contributed by atoms with Gasteiger partial charge < -0.3 is 14.9 Å². The molecule has 0 spiro atoms. The van der Waals surface area contributed by atoms with Gasteiger partial charge in [-0.2, -0.15) is 0 Å². The van der Waals surface area contributed by atoms with Crippen molar-refractivity contribution >= 4 is 35.1 Å². The molecule has 0 aromatic heterocycles.